The largest absolute Gasteiger partial charge is 0.444 e. The highest BCUT2D eigenvalue weighted by Crippen LogP contribution is 2.41. The van der Waals surface area contributed by atoms with Crippen LogP contribution in [0.3, 0.4) is 0 Å². The minimum atomic E-state index is -3.84. The van der Waals surface area contributed by atoms with Gasteiger partial charge in [-0.3, -0.25) is 0 Å². The standard InChI is InChI=1S/C26H32F2N6O4S/c1-17-5-7-20(8-6-17)39(36,37)33-29-14-18-13-22-31-21(16-34(22)30-15-18)23(32-24(35)38-25(2,3)4)19-9-11-26(27,28)12-10-19/h5-8,13-16,19,23,33H,9-12H2,1-4H3,(H,32,35)/b29-14+/t23-/m0/s1. The summed E-state index contributed by atoms with van der Waals surface area (Å²) < 4.78 is 59.4. The quantitative estimate of drug-likeness (QED) is 0.316. The number of halogens is 2. The molecule has 39 heavy (non-hydrogen) atoms. The van der Waals surface area contributed by atoms with Gasteiger partial charge >= 0.3 is 6.09 Å². The number of alkyl carbamates (subject to hydrolysis) is 1. The van der Waals surface area contributed by atoms with E-state index < -0.39 is 33.7 Å². The van der Waals surface area contributed by atoms with Crippen LogP contribution in [-0.4, -0.2) is 46.8 Å². The average Bonchev–Trinajstić information content (AvgIpc) is 3.25. The Balaban J connectivity index is 1.54. The second-order valence-corrected chi connectivity index (χ2v) is 12.4. The Labute approximate surface area is 225 Å². The van der Waals surface area contributed by atoms with Gasteiger partial charge < -0.3 is 10.1 Å². The monoisotopic (exact) mass is 562 g/mol. The van der Waals surface area contributed by atoms with Gasteiger partial charge in [0.05, 0.1) is 35.2 Å². The number of hydrogen-bond acceptors (Lipinski definition) is 7. The third kappa shape index (κ3) is 7.49. The van der Waals surface area contributed by atoms with Crippen LogP contribution in [0, 0.1) is 12.8 Å². The third-order valence-corrected chi connectivity index (χ3v) is 7.54. The van der Waals surface area contributed by atoms with Crippen molar-refractivity contribution in [3.8, 4) is 0 Å². The van der Waals surface area contributed by atoms with Crippen LogP contribution < -0.4 is 10.1 Å². The van der Waals surface area contributed by atoms with Crippen molar-refractivity contribution in [1.29, 1.82) is 0 Å². The summed E-state index contributed by atoms with van der Waals surface area (Å²) in [6.07, 6.45) is 3.63. The molecule has 0 radical (unpaired) electrons. The summed E-state index contributed by atoms with van der Waals surface area (Å²) in [4.78, 5) is 19.4. The molecule has 1 aromatic carbocycles. The zero-order valence-electron chi connectivity index (χ0n) is 22.2. The fourth-order valence-electron chi connectivity index (χ4n) is 4.33. The number of aryl methyl sites for hydroxylation is 1. The van der Waals surface area contributed by atoms with Crippen LogP contribution in [0.4, 0.5) is 13.6 Å². The van der Waals surface area contributed by atoms with Gasteiger partial charge in [-0.25, -0.2) is 27.9 Å². The smallest absolute Gasteiger partial charge is 0.408 e. The molecule has 2 N–H and O–H groups in total. The van der Waals surface area contributed by atoms with Crippen LogP contribution in [0.2, 0.25) is 0 Å². The Bertz CT molecular complexity index is 1460. The molecular formula is C26H32F2N6O4S. The van der Waals surface area contributed by atoms with E-state index >= 15 is 0 Å². The molecule has 1 aliphatic rings. The number of hydrazone groups is 1. The van der Waals surface area contributed by atoms with Crippen molar-refractivity contribution in [1.82, 2.24) is 24.7 Å². The number of ether oxygens (including phenoxy) is 1. The van der Waals surface area contributed by atoms with Crippen molar-refractivity contribution >= 4 is 28.0 Å². The normalized spacial score (nSPS) is 17.3. The number of fused-ring (bicyclic) bond motifs is 1. The Kier molecular flexibility index (Phi) is 7.92. The molecule has 0 bridgehead atoms. The molecule has 0 aliphatic heterocycles. The lowest BCUT2D eigenvalue weighted by atomic mass is 9.81. The number of hydrogen-bond donors (Lipinski definition) is 2. The number of carbonyl (C=O) groups excluding carboxylic acids is 1. The number of alkyl halides is 2. The summed E-state index contributed by atoms with van der Waals surface area (Å²) in [6, 6.07) is 7.34. The molecule has 0 unspecified atom stereocenters. The first-order valence-electron chi connectivity index (χ1n) is 12.5. The van der Waals surface area contributed by atoms with E-state index in [1.54, 1.807) is 45.2 Å². The van der Waals surface area contributed by atoms with Crippen LogP contribution >= 0.6 is 0 Å². The fraction of sp³-hybridized carbons (Fsp3) is 0.462. The van der Waals surface area contributed by atoms with Crippen molar-refractivity contribution in [3.05, 3.63) is 59.5 Å². The predicted molar refractivity (Wildman–Crippen MR) is 141 cm³/mol. The van der Waals surface area contributed by atoms with Gasteiger partial charge in [-0.05, 0) is 64.7 Å². The van der Waals surface area contributed by atoms with Crippen LogP contribution in [0.15, 0.2) is 52.7 Å². The number of nitrogens with one attached hydrogen (secondary N) is 2. The summed E-state index contributed by atoms with van der Waals surface area (Å²) in [5, 5.41) is 11.0. The molecule has 4 rings (SSSR count). The first-order chi connectivity index (χ1) is 18.2. The molecule has 1 saturated carbocycles. The highest BCUT2D eigenvalue weighted by Gasteiger charge is 2.39. The molecule has 1 fully saturated rings. The molecular weight excluding hydrogens is 530 g/mol. The molecule has 2 heterocycles. The molecule has 3 aromatic rings. The Morgan fingerprint density at radius 1 is 1.23 bits per heavy atom. The fourth-order valence-corrected chi connectivity index (χ4v) is 5.13. The van der Waals surface area contributed by atoms with Crippen LogP contribution in [-0.2, 0) is 14.8 Å². The molecule has 10 nitrogen and oxygen atoms in total. The van der Waals surface area contributed by atoms with Crippen molar-refractivity contribution < 1.29 is 26.7 Å². The van der Waals surface area contributed by atoms with E-state index in [-0.39, 0.29) is 36.5 Å². The van der Waals surface area contributed by atoms with Crippen molar-refractivity contribution in [2.45, 2.75) is 75.8 Å². The van der Waals surface area contributed by atoms with Gasteiger partial charge in [-0.1, -0.05) is 17.7 Å². The summed E-state index contributed by atoms with van der Waals surface area (Å²) in [5.74, 6) is -2.98. The van der Waals surface area contributed by atoms with E-state index in [4.69, 9.17) is 4.74 Å². The zero-order chi connectivity index (χ0) is 28.4. The maximum Gasteiger partial charge on any atom is 0.408 e. The van der Waals surface area contributed by atoms with E-state index in [2.05, 4.69) is 25.3 Å². The molecule has 2 aromatic heterocycles. The molecule has 0 spiro atoms. The van der Waals surface area contributed by atoms with Crippen molar-refractivity contribution in [2.75, 3.05) is 0 Å². The first-order valence-corrected chi connectivity index (χ1v) is 14.0. The second kappa shape index (κ2) is 10.9. The molecule has 1 aliphatic carbocycles. The molecule has 1 atom stereocenters. The number of aromatic nitrogens is 3. The summed E-state index contributed by atoms with van der Waals surface area (Å²) in [7, 11) is -3.84. The van der Waals surface area contributed by atoms with Gasteiger partial charge in [-0.2, -0.15) is 18.6 Å². The summed E-state index contributed by atoms with van der Waals surface area (Å²) >= 11 is 0. The second-order valence-electron chi connectivity index (χ2n) is 10.7. The number of sulfonamides is 1. The van der Waals surface area contributed by atoms with Crippen LogP contribution in [0.25, 0.3) is 5.65 Å². The number of imidazole rings is 1. The lowest BCUT2D eigenvalue weighted by Crippen LogP contribution is -2.40. The number of rotatable bonds is 7. The van der Waals surface area contributed by atoms with Gasteiger partial charge in [0.2, 0.25) is 5.92 Å². The van der Waals surface area contributed by atoms with Gasteiger partial charge in [0.1, 0.15) is 5.60 Å². The van der Waals surface area contributed by atoms with E-state index in [1.165, 1.54) is 29.1 Å². The average molecular weight is 563 g/mol. The molecule has 1 amide bonds. The molecule has 13 heteroatoms. The number of amides is 1. The number of benzene rings is 1. The van der Waals surface area contributed by atoms with Crippen molar-refractivity contribution in [2.24, 2.45) is 11.0 Å². The summed E-state index contributed by atoms with van der Waals surface area (Å²) in [5.41, 5.74) is 1.54. The first kappa shape index (κ1) is 28.4. The minimum absolute atomic E-state index is 0.0840. The Hall–Kier alpha value is -3.61. The topological polar surface area (TPSA) is 127 Å². The third-order valence-electron chi connectivity index (χ3n) is 6.30. The Morgan fingerprint density at radius 2 is 1.90 bits per heavy atom. The lowest BCUT2D eigenvalue weighted by molar-refractivity contribution is -0.0500. The van der Waals surface area contributed by atoms with Gasteiger partial charge in [0.25, 0.3) is 10.0 Å². The SMILES string of the molecule is Cc1ccc(S(=O)(=O)N/N=C/c2cnn3cc([C@@H](NC(=O)OC(C)(C)C)C4CCC(F)(F)CC4)nc3c2)cc1. The van der Waals surface area contributed by atoms with Gasteiger partial charge in [0, 0.05) is 18.4 Å². The summed E-state index contributed by atoms with van der Waals surface area (Å²) in [6.45, 7) is 7.07. The zero-order valence-corrected chi connectivity index (χ0v) is 23.0. The number of nitrogens with zero attached hydrogens (tertiary/aromatic N) is 4. The van der Waals surface area contributed by atoms with Crippen LogP contribution in [0.5, 0.6) is 0 Å². The van der Waals surface area contributed by atoms with Crippen molar-refractivity contribution in [3.63, 3.8) is 0 Å². The van der Waals surface area contributed by atoms with Gasteiger partial charge in [0.15, 0.2) is 5.65 Å². The van der Waals surface area contributed by atoms with E-state index in [0.717, 1.165) is 5.56 Å². The number of carbonyl (C=O) groups is 1. The van der Waals surface area contributed by atoms with E-state index in [1.807, 2.05) is 6.92 Å². The highest BCUT2D eigenvalue weighted by atomic mass is 32.2. The van der Waals surface area contributed by atoms with E-state index in [0.29, 0.717) is 16.9 Å². The maximum atomic E-state index is 13.8. The minimum Gasteiger partial charge on any atom is -0.444 e. The highest BCUT2D eigenvalue weighted by molar-refractivity contribution is 7.89. The predicted octanol–water partition coefficient (Wildman–Crippen LogP) is 4.74. The van der Waals surface area contributed by atoms with Crippen LogP contribution in [0.1, 0.15) is 69.3 Å². The van der Waals surface area contributed by atoms with Gasteiger partial charge in [-0.15, -0.1) is 0 Å². The molecule has 210 valence electrons. The van der Waals surface area contributed by atoms with E-state index in [9.17, 15) is 22.0 Å². The lowest BCUT2D eigenvalue weighted by Gasteiger charge is -2.33. The maximum absolute atomic E-state index is 13.8. The Morgan fingerprint density at radius 3 is 2.54 bits per heavy atom. The molecule has 0 saturated heterocycles.